The van der Waals surface area contributed by atoms with E-state index in [4.69, 9.17) is 11.6 Å². The van der Waals surface area contributed by atoms with Crippen molar-refractivity contribution in [3.05, 3.63) is 66.1 Å². The van der Waals surface area contributed by atoms with Crippen molar-refractivity contribution < 1.29 is 10.0 Å². The number of phenols is 1. The monoisotopic (exact) mass is 335 g/mol. The molecule has 0 unspecified atom stereocenters. The second-order valence-corrected chi connectivity index (χ2v) is 5.47. The highest BCUT2D eigenvalue weighted by Gasteiger charge is 2.17. The van der Waals surface area contributed by atoms with Crippen molar-refractivity contribution in [2.24, 2.45) is 4.99 Å². The van der Waals surface area contributed by atoms with E-state index >= 15 is 0 Å². The number of aromatic hydroxyl groups is 1. The number of aliphatic imine (C=N–C) groups is 1. The molecular formula is C15H14ClN3O4. The van der Waals surface area contributed by atoms with Crippen molar-refractivity contribution in [3.8, 4) is 5.75 Å². The lowest BCUT2D eigenvalue weighted by atomic mass is 10.1. The van der Waals surface area contributed by atoms with Gasteiger partial charge in [-0.15, -0.1) is 0 Å². The van der Waals surface area contributed by atoms with E-state index in [0.717, 1.165) is 17.3 Å². The van der Waals surface area contributed by atoms with Crippen LogP contribution in [-0.4, -0.2) is 21.2 Å². The fraction of sp³-hybridized carbons (Fsp3) is 0.200. The largest absolute Gasteiger partial charge is 0.502 e. The number of nitro groups is 1. The van der Waals surface area contributed by atoms with Crippen LogP contribution in [-0.2, 0) is 6.54 Å². The molecule has 0 aliphatic carbocycles. The van der Waals surface area contributed by atoms with Gasteiger partial charge in [0.25, 0.3) is 5.56 Å². The van der Waals surface area contributed by atoms with E-state index in [0.29, 0.717) is 5.56 Å². The van der Waals surface area contributed by atoms with Gasteiger partial charge < -0.3 is 10.1 Å². The van der Waals surface area contributed by atoms with Gasteiger partial charge in [0.15, 0.2) is 0 Å². The number of hydrogen-bond acceptors (Lipinski definition) is 5. The molecule has 120 valence electrons. The topological polar surface area (TPSA) is 109 Å². The number of hydrogen-bond donors (Lipinski definition) is 2. The number of nitro benzene ring substituents is 1. The molecule has 1 aromatic heterocycles. The van der Waals surface area contributed by atoms with Gasteiger partial charge in [0.2, 0.25) is 5.75 Å². The van der Waals surface area contributed by atoms with E-state index in [1.807, 2.05) is 6.07 Å². The van der Waals surface area contributed by atoms with Gasteiger partial charge in [-0.25, -0.2) is 0 Å². The van der Waals surface area contributed by atoms with Gasteiger partial charge in [-0.1, -0.05) is 11.6 Å². The van der Waals surface area contributed by atoms with Gasteiger partial charge in [-0.2, -0.15) is 0 Å². The maximum atomic E-state index is 11.9. The molecule has 0 atom stereocenters. The average Bonchev–Trinajstić information content (AvgIpc) is 2.44. The van der Waals surface area contributed by atoms with Crippen LogP contribution in [0.15, 0.2) is 28.0 Å². The molecule has 8 heteroatoms. The number of rotatable bonds is 4. The highest BCUT2D eigenvalue weighted by molar-refractivity contribution is 6.31. The van der Waals surface area contributed by atoms with Gasteiger partial charge in [-0.3, -0.25) is 19.9 Å². The van der Waals surface area contributed by atoms with E-state index in [1.165, 1.54) is 12.3 Å². The zero-order chi connectivity index (χ0) is 17.1. The molecule has 2 aromatic rings. The second-order valence-electron chi connectivity index (χ2n) is 5.03. The van der Waals surface area contributed by atoms with Crippen molar-refractivity contribution in [2.45, 2.75) is 20.4 Å². The molecule has 0 spiro atoms. The molecule has 7 nitrogen and oxygen atoms in total. The summed E-state index contributed by atoms with van der Waals surface area (Å²) in [7, 11) is 0. The Kier molecular flexibility index (Phi) is 4.80. The lowest BCUT2D eigenvalue weighted by Crippen LogP contribution is -2.15. The molecule has 23 heavy (non-hydrogen) atoms. The van der Waals surface area contributed by atoms with Crippen molar-refractivity contribution in [1.29, 1.82) is 0 Å². The minimum Gasteiger partial charge on any atom is -0.502 e. The summed E-state index contributed by atoms with van der Waals surface area (Å²) < 4.78 is 0. The minimum absolute atomic E-state index is 0.0845. The molecule has 2 rings (SSSR count). The number of phenolic OH excluding ortho intramolecular Hbond substituents is 1. The van der Waals surface area contributed by atoms with Crippen LogP contribution in [0, 0.1) is 24.0 Å². The molecule has 0 radical (unpaired) electrons. The van der Waals surface area contributed by atoms with E-state index in [9.17, 15) is 20.0 Å². The van der Waals surface area contributed by atoms with Gasteiger partial charge in [0.05, 0.1) is 11.5 Å². The first kappa shape index (κ1) is 16.7. The van der Waals surface area contributed by atoms with Crippen LogP contribution in [0.5, 0.6) is 5.75 Å². The molecule has 0 saturated carbocycles. The number of H-pyrrole nitrogens is 1. The molecular weight excluding hydrogens is 322 g/mol. The van der Waals surface area contributed by atoms with Gasteiger partial charge in [-0.05, 0) is 31.5 Å². The van der Waals surface area contributed by atoms with E-state index < -0.39 is 16.4 Å². The summed E-state index contributed by atoms with van der Waals surface area (Å²) in [4.78, 5) is 28.8. The molecule has 0 aliphatic rings. The van der Waals surface area contributed by atoms with Gasteiger partial charge in [0, 0.05) is 34.1 Å². The number of aryl methyl sites for hydroxylation is 2. The van der Waals surface area contributed by atoms with Gasteiger partial charge >= 0.3 is 5.69 Å². The first-order valence-corrected chi connectivity index (χ1v) is 7.03. The normalized spacial score (nSPS) is 11.1. The van der Waals surface area contributed by atoms with E-state index in [-0.39, 0.29) is 22.7 Å². The first-order valence-electron chi connectivity index (χ1n) is 6.65. The Labute approximate surface area is 136 Å². The van der Waals surface area contributed by atoms with Crippen LogP contribution >= 0.6 is 11.6 Å². The Balaban J connectivity index is 2.32. The third kappa shape index (κ3) is 3.75. The Bertz CT molecular complexity index is 859. The average molecular weight is 336 g/mol. The number of pyridine rings is 1. The van der Waals surface area contributed by atoms with Crippen molar-refractivity contribution in [3.63, 3.8) is 0 Å². The number of aromatic amines is 1. The summed E-state index contributed by atoms with van der Waals surface area (Å²) in [6.45, 7) is 3.67. The molecule has 0 aliphatic heterocycles. The molecule has 0 saturated heterocycles. The third-order valence-corrected chi connectivity index (χ3v) is 3.47. The minimum atomic E-state index is -0.729. The summed E-state index contributed by atoms with van der Waals surface area (Å²) in [5.74, 6) is -0.516. The summed E-state index contributed by atoms with van der Waals surface area (Å²) in [6.07, 6.45) is 1.26. The zero-order valence-electron chi connectivity index (χ0n) is 12.5. The van der Waals surface area contributed by atoms with Crippen molar-refractivity contribution in [2.75, 3.05) is 0 Å². The molecule has 0 bridgehead atoms. The van der Waals surface area contributed by atoms with Crippen LogP contribution in [0.3, 0.4) is 0 Å². The molecule has 1 heterocycles. The van der Waals surface area contributed by atoms with Crippen LogP contribution in [0.2, 0.25) is 5.02 Å². The fourth-order valence-corrected chi connectivity index (χ4v) is 2.38. The highest BCUT2D eigenvalue weighted by atomic mass is 35.5. The predicted octanol–water partition coefficient (Wildman–Crippen LogP) is 2.88. The predicted molar refractivity (Wildman–Crippen MR) is 87.6 cm³/mol. The van der Waals surface area contributed by atoms with Gasteiger partial charge in [0.1, 0.15) is 0 Å². The second kappa shape index (κ2) is 6.62. The lowest BCUT2D eigenvalue weighted by molar-refractivity contribution is -0.385. The lowest BCUT2D eigenvalue weighted by Gasteiger charge is -2.04. The Morgan fingerprint density at radius 1 is 1.39 bits per heavy atom. The SMILES string of the molecule is Cc1cc(C)c(CN=Cc2cc(Cl)cc([N+](=O)[O-])c2O)c(=O)[nH]1. The first-order chi connectivity index (χ1) is 10.8. The van der Waals surface area contributed by atoms with Crippen LogP contribution < -0.4 is 5.56 Å². The van der Waals surface area contributed by atoms with Crippen molar-refractivity contribution in [1.82, 2.24) is 4.98 Å². The molecule has 2 N–H and O–H groups in total. The highest BCUT2D eigenvalue weighted by Crippen LogP contribution is 2.32. The summed E-state index contributed by atoms with van der Waals surface area (Å²) >= 11 is 5.80. The quantitative estimate of drug-likeness (QED) is 0.508. The third-order valence-electron chi connectivity index (χ3n) is 3.25. The maximum absolute atomic E-state index is 11.9. The fourth-order valence-electron chi connectivity index (χ4n) is 2.16. The number of aromatic nitrogens is 1. The van der Waals surface area contributed by atoms with E-state index in [2.05, 4.69) is 9.98 Å². The Morgan fingerprint density at radius 2 is 2.09 bits per heavy atom. The number of halogens is 1. The number of nitrogens with one attached hydrogen (secondary N) is 1. The summed E-state index contributed by atoms with van der Waals surface area (Å²) in [5.41, 5.74) is 1.42. The smallest absolute Gasteiger partial charge is 0.312 e. The molecule has 0 amide bonds. The molecule has 1 aromatic carbocycles. The number of benzene rings is 1. The van der Waals surface area contributed by atoms with Crippen LogP contribution in [0.1, 0.15) is 22.4 Å². The van der Waals surface area contributed by atoms with Crippen molar-refractivity contribution >= 4 is 23.5 Å². The summed E-state index contributed by atoms with van der Waals surface area (Å²) in [6, 6.07) is 4.25. The Hall–Kier alpha value is -2.67. The summed E-state index contributed by atoms with van der Waals surface area (Å²) in [5, 5.41) is 20.8. The molecule has 0 fully saturated rings. The van der Waals surface area contributed by atoms with Crippen LogP contribution in [0.4, 0.5) is 5.69 Å². The van der Waals surface area contributed by atoms with E-state index in [1.54, 1.807) is 13.8 Å². The Morgan fingerprint density at radius 3 is 2.70 bits per heavy atom. The number of nitrogens with zero attached hydrogens (tertiary/aromatic N) is 2. The zero-order valence-corrected chi connectivity index (χ0v) is 13.2. The maximum Gasteiger partial charge on any atom is 0.312 e. The standard InChI is InChI=1S/C15H14ClN3O4/c1-8-3-9(2)18-15(21)12(8)7-17-6-10-4-11(16)5-13(14(10)20)19(22)23/h3-6,20H,7H2,1-2H3,(H,18,21). The van der Waals surface area contributed by atoms with Crippen LogP contribution in [0.25, 0.3) is 0 Å².